The van der Waals surface area contributed by atoms with Gasteiger partial charge in [0.15, 0.2) is 11.7 Å². The van der Waals surface area contributed by atoms with Crippen LogP contribution in [0.3, 0.4) is 0 Å². The van der Waals surface area contributed by atoms with Gasteiger partial charge in [0.05, 0.1) is 29.7 Å². The van der Waals surface area contributed by atoms with E-state index in [1.54, 1.807) is 13.8 Å². The van der Waals surface area contributed by atoms with Crippen LogP contribution in [0.25, 0.3) is 0 Å². The molecule has 0 spiro atoms. The van der Waals surface area contributed by atoms with Gasteiger partial charge in [-0.3, -0.25) is 4.21 Å². The highest BCUT2D eigenvalue weighted by Crippen LogP contribution is 2.22. The van der Waals surface area contributed by atoms with Crippen LogP contribution in [0.5, 0.6) is 0 Å². The largest absolute Gasteiger partial charge is 0.391 e. The van der Waals surface area contributed by atoms with Gasteiger partial charge in [0, 0.05) is 6.61 Å². The molecule has 1 N–H and O–H groups in total. The average molecular weight is 342 g/mol. The van der Waals surface area contributed by atoms with Crippen molar-refractivity contribution >= 4 is 18.9 Å². The summed E-state index contributed by atoms with van der Waals surface area (Å²) in [5.41, 5.74) is -0.585. The minimum absolute atomic E-state index is 0.245. The van der Waals surface area contributed by atoms with Crippen molar-refractivity contribution in [3.05, 3.63) is 0 Å². The van der Waals surface area contributed by atoms with E-state index in [0.29, 0.717) is 13.2 Å². The predicted molar refractivity (Wildman–Crippen MR) is 84.2 cm³/mol. The molecule has 0 aromatic rings. The second kappa shape index (κ2) is 10.2. The van der Waals surface area contributed by atoms with Crippen molar-refractivity contribution in [3.8, 4) is 0 Å². The average Bonchev–Trinajstić information content (AvgIpc) is 2.43. The topological polar surface area (TPSA) is 74.2 Å². The van der Waals surface area contributed by atoms with Gasteiger partial charge in [-0.1, -0.05) is 13.3 Å². The van der Waals surface area contributed by atoms with Crippen LogP contribution in [0.15, 0.2) is 0 Å². The summed E-state index contributed by atoms with van der Waals surface area (Å²) in [7, 11) is 0.954. The van der Waals surface area contributed by atoms with Gasteiger partial charge in [0.1, 0.15) is 12.2 Å². The maximum atomic E-state index is 11.7. The predicted octanol–water partition coefficient (Wildman–Crippen LogP) is 1.20. The first-order valence-corrected chi connectivity index (χ1v) is 9.98. The molecule has 0 bridgehead atoms. The summed E-state index contributed by atoms with van der Waals surface area (Å²) < 4.78 is 34.0. The fourth-order valence-electron chi connectivity index (χ4n) is 2.00. The van der Waals surface area contributed by atoms with Crippen molar-refractivity contribution in [1.82, 2.24) is 0 Å². The molecule has 0 aromatic heterocycles. The van der Waals surface area contributed by atoms with Crippen LogP contribution < -0.4 is 0 Å². The Morgan fingerprint density at radius 1 is 1.52 bits per heavy atom. The summed E-state index contributed by atoms with van der Waals surface area (Å²) in [6, 6.07) is 0. The van der Waals surface area contributed by atoms with Gasteiger partial charge in [-0.15, -0.1) is 0 Å². The zero-order valence-corrected chi connectivity index (χ0v) is 14.9. The molecule has 0 radical (unpaired) electrons. The summed E-state index contributed by atoms with van der Waals surface area (Å²) in [4.78, 5) is 0. The fraction of sp³-hybridized carbons (Fsp3) is 1.00. The molecule has 0 aromatic carbocycles. The normalized spacial score (nSPS) is 30.8. The molecule has 0 aliphatic carbocycles. The van der Waals surface area contributed by atoms with Crippen molar-refractivity contribution < 1.29 is 28.3 Å². The van der Waals surface area contributed by atoms with Crippen LogP contribution in [0, 0.1) is 0 Å². The van der Waals surface area contributed by atoms with E-state index in [9.17, 15) is 9.32 Å². The third-order valence-electron chi connectivity index (χ3n) is 3.17. The molecule has 1 rings (SSSR count). The lowest BCUT2D eigenvalue weighted by Crippen LogP contribution is -2.51. The van der Waals surface area contributed by atoms with Gasteiger partial charge in [-0.25, -0.2) is 0 Å². The Morgan fingerprint density at radius 2 is 2.24 bits per heavy atom. The molecule has 0 amide bonds. The number of hydrogen-bond donors (Lipinski definition) is 1. The van der Waals surface area contributed by atoms with Crippen LogP contribution in [0.1, 0.15) is 33.6 Å². The molecular weight excluding hydrogens is 315 g/mol. The van der Waals surface area contributed by atoms with E-state index in [2.05, 4.69) is 15.4 Å². The summed E-state index contributed by atoms with van der Waals surface area (Å²) in [5.74, 6) is 0. The van der Waals surface area contributed by atoms with E-state index < -0.39 is 34.2 Å². The molecule has 126 valence electrons. The summed E-state index contributed by atoms with van der Waals surface area (Å²) >= 11 is 0. The summed E-state index contributed by atoms with van der Waals surface area (Å²) in [5, 5.41) is 9.79. The number of hydrogen-bond acceptors (Lipinski definition) is 6. The molecule has 1 fully saturated rings. The Labute approximate surface area is 131 Å². The number of ether oxygens (including phenoxy) is 4. The van der Waals surface area contributed by atoms with Crippen LogP contribution >= 0.6 is 8.44 Å². The van der Waals surface area contributed by atoms with Crippen molar-refractivity contribution in [2.24, 2.45) is 0 Å². The van der Waals surface area contributed by atoms with E-state index in [1.807, 2.05) is 0 Å². The van der Waals surface area contributed by atoms with Gasteiger partial charge in [0.2, 0.25) is 0 Å². The Hall–Kier alpha value is 0.380. The Balaban J connectivity index is 2.53. The van der Waals surface area contributed by atoms with Gasteiger partial charge in [0.25, 0.3) is 0 Å². The summed E-state index contributed by atoms with van der Waals surface area (Å²) in [6.45, 7) is 6.65. The van der Waals surface area contributed by atoms with Gasteiger partial charge >= 0.3 is 0 Å². The Bertz CT molecular complexity index is 317. The molecular formula is C13H27O6PS. The third-order valence-corrected chi connectivity index (χ3v) is 4.84. The quantitative estimate of drug-likeness (QED) is 0.501. The second-order valence-electron chi connectivity index (χ2n) is 5.10. The monoisotopic (exact) mass is 342 g/mol. The lowest BCUT2D eigenvalue weighted by Gasteiger charge is -2.37. The third kappa shape index (κ3) is 6.99. The van der Waals surface area contributed by atoms with Crippen molar-refractivity contribution in [2.75, 3.05) is 19.8 Å². The molecule has 1 aliphatic heterocycles. The van der Waals surface area contributed by atoms with E-state index in [-0.39, 0.29) is 12.9 Å². The van der Waals surface area contributed by atoms with E-state index in [1.165, 1.54) is 0 Å². The van der Waals surface area contributed by atoms with Crippen LogP contribution in [-0.2, 0) is 29.4 Å². The standard InChI is InChI=1S/C13H27O6PS/c1-4-5-6-16-8-12(21(15)20)19-11-7-17-10(3)18-13(11)9(2)14/h9-14H,4-8,20H2,1-3H3/t9-,10?,11?,12-,13+,21?/m1/s1. The first-order valence-electron chi connectivity index (χ1n) is 7.29. The molecule has 1 heterocycles. The first kappa shape index (κ1) is 19.4. The number of rotatable bonds is 9. The first-order chi connectivity index (χ1) is 9.95. The zero-order chi connectivity index (χ0) is 15.8. The molecule has 7 atom stereocenters. The minimum atomic E-state index is -1.27. The number of aliphatic hydroxyl groups excluding tert-OH is 1. The van der Waals surface area contributed by atoms with Crippen molar-refractivity contribution in [3.63, 3.8) is 0 Å². The Kier molecular flexibility index (Phi) is 9.45. The maximum Gasteiger partial charge on any atom is 0.159 e. The van der Waals surface area contributed by atoms with Crippen molar-refractivity contribution in [2.45, 2.75) is 63.7 Å². The molecule has 1 aliphatic rings. The number of aliphatic hydroxyl groups is 1. The van der Waals surface area contributed by atoms with E-state index in [0.717, 1.165) is 12.8 Å². The zero-order valence-electron chi connectivity index (χ0n) is 12.9. The second-order valence-corrected chi connectivity index (χ2v) is 7.68. The molecule has 1 saturated heterocycles. The SMILES string of the molecule is CCCCOC[C@H](OC1COC(C)O[C@H]1[C@@H](C)O)S(=O)P. The Morgan fingerprint density at radius 3 is 2.81 bits per heavy atom. The molecule has 4 unspecified atom stereocenters. The lowest BCUT2D eigenvalue weighted by molar-refractivity contribution is -0.274. The molecule has 6 nitrogen and oxygen atoms in total. The van der Waals surface area contributed by atoms with Crippen LogP contribution in [0.2, 0.25) is 0 Å². The molecule has 8 heteroatoms. The van der Waals surface area contributed by atoms with E-state index >= 15 is 0 Å². The fourth-order valence-corrected chi connectivity index (χ4v) is 2.91. The van der Waals surface area contributed by atoms with Crippen molar-refractivity contribution in [1.29, 1.82) is 0 Å². The maximum absolute atomic E-state index is 11.7. The summed E-state index contributed by atoms with van der Waals surface area (Å²) in [6.07, 6.45) is -0.0429. The minimum Gasteiger partial charge on any atom is -0.391 e. The highest BCUT2D eigenvalue weighted by molar-refractivity contribution is 8.33. The van der Waals surface area contributed by atoms with E-state index in [4.69, 9.17) is 18.9 Å². The molecule has 21 heavy (non-hydrogen) atoms. The number of unbranched alkanes of at least 4 members (excludes halogenated alkanes) is 1. The smallest absolute Gasteiger partial charge is 0.159 e. The highest BCUT2D eigenvalue weighted by atomic mass is 32.7. The van der Waals surface area contributed by atoms with Gasteiger partial charge in [-0.05, 0) is 28.7 Å². The van der Waals surface area contributed by atoms with Gasteiger partial charge < -0.3 is 24.1 Å². The lowest BCUT2D eigenvalue weighted by atomic mass is 10.1. The van der Waals surface area contributed by atoms with Crippen LogP contribution in [0.4, 0.5) is 0 Å². The van der Waals surface area contributed by atoms with Gasteiger partial charge in [-0.2, -0.15) is 0 Å². The van der Waals surface area contributed by atoms with Crippen LogP contribution in [-0.4, -0.2) is 59.2 Å². The highest BCUT2D eigenvalue weighted by Gasteiger charge is 2.36. The molecule has 0 saturated carbocycles.